The number of nitrogens with zero attached hydrogens (tertiary/aromatic N) is 1. The van der Waals surface area contributed by atoms with Crippen molar-refractivity contribution < 1.29 is 14.6 Å². The molecule has 0 radical (unpaired) electrons. The highest BCUT2D eigenvalue weighted by atomic mass is 16.5. The Labute approximate surface area is 146 Å². The SMILES string of the molecule is O=C(O)CCc1ccc2nc(-c3ccccc3)c3c(c2c1)OCCC3. The minimum absolute atomic E-state index is 0.129. The number of fused-ring (bicyclic) bond motifs is 3. The van der Waals surface area contributed by atoms with Crippen molar-refractivity contribution in [3.63, 3.8) is 0 Å². The van der Waals surface area contributed by atoms with E-state index in [1.807, 2.05) is 36.4 Å². The second-order valence-corrected chi connectivity index (χ2v) is 6.33. The molecule has 0 saturated carbocycles. The summed E-state index contributed by atoms with van der Waals surface area (Å²) in [6.07, 6.45) is 2.57. The third kappa shape index (κ3) is 3.07. The lowest BCUT2D eigenvalue weighted by molar-refractivity contribution is -0.136. The Morgan fingerprint density at radius 2 is 2.00 bits per heavy atom. The number of aromatic nitrogens is 1. The second kappa shape index (κ2) is 6.55. The van der Waals surface area contributed by atoms with Crippen LogP contribution in [0, 0.1) is 0 Å². The molecule has 4 rings (SSSR count). The summed E-state index contributed by atoms with van der Waals surface area (Å²) in [7, 11) is 0. The van der Waals surface area contributed by atoms with Gasteiger partial charge in [-0.25, -0.2) is 4.98 Å². The topological polar surface area (TPSA) is 59.4 Å². The van der Waals surface area contributed by atoms with E-state index in [9.17, 15) is 4.79 Å². The van der Waals surface area contributed by atoms with E-state index in [4.69, 9.17) is 14.8 Å². The number of carbonyl (C=O) groups is 1. The molecular weight excluding hydrogens is 314 g/mol. The molecule has 1 aliphatic rings. The number of rotatable bonds is 4. The largest absolute Gasteiger partial charge is 0.493 e. The van der Waals surface area contributed by atoms with E-state index in [0.717, 1.165) is 51.9 Å². The maximum Gasteiger partial charge on any atom is 0.303 e. The van der Waals surface area contributed by atoms with Crippen molar-refractivity contribution in [2.75, 3.05) is 6.61 Å². The molecule has 0 atom stereocenters. The number of ether oxygens (including phenoxy) is 1. The molecule has 4 heteroatoms. The Morgan fingerprint density at radius 3 is 2.80 bits per heavy atom. The first-order valence-corrected chi connectivity index (χ1v) is 8.58. The van der Waals surface area contributed by atoms with Crippen LogP contribution in [0.4, 0.5) is 0 Å². The van der Waals surface area contributed by atoms with E-state index in [2.05, 4.69) is 12.1 Å². The minimum Gasteiger partial charge on any atom is -0.493 e. The van der Waals surface area contributed by atoms with E-state index in [1.54, 1.807) is 0 Å². The van der Waals surface area contributed by atoms with Gasteiger partial charge in [0.05, 0.1) is 17.8 Å². The Kier molecular flexibility index (Phi) is 4.10. The normalized spacial score (nSPS) is 13.3. The first-order chi connectivity index (χ1) is 12.2. The molecule has 0 bridgehead atoms. The Morgan fingerprint density at radius 1 is 1.16 bits per heavy atom. The highest BCUT2D eigenvalue weighted by molar-refractivity contribution is 5.91. The molecule has 1 aromatic heterocycles. The van der Waals surface area contributed by atoms with Crippen molar-refractivity contribution >= 4 is 16.9 Å². The van der Waals surface area contributed by atoms with Crippen LogP contribution in [0.2, 0.25) is 0 Å². The van der Waals surface area contributed by atoms with Gasteiger partial charge >= 0.3 is 5.97 Å². The molecule has 0 aliphatic carbocycles. The molecule has 2 heterocycles. The average Bonchev–Trinajstić information content (AvgIpc) is 2.66. The quantitative estimate of drug-likeness (QED) is 0.775. The summed E-state index contributed by atoms with van der Waals surface area (Å²) in [5.74, 6) is 0.128. The lowest BCUT2D eigenvalue weighted by Gasteiger charge is -2.22. The van der Waals surface area contributed by atoms with Gasteiger partial charge in [0, 0.05) is 22.9 Å². The number of benzene rings is 2. The number of pyridine rings is 1. The zero-order valence-electron chi connectivity index (χ0n) is 13.9. The average molecular weight is 333 g/mol. The van der Waals surface area contributed by atoms with E-state index in [1.165, 1.54) is 0 Å². The van der Waals surface area contributed by atoms with E-state index in [0.29, 0.717) is 13.0 Å². The highest BCUT2D eigenvalue weighted by Crippen LogP contribution is 2.39. The van der Waals surface area contributed by atoms with E-state index in [-0.39, 0.29) is 6.42 Å². The van der Waals surface area contributed by atoms with Crippen LogP contribution < -0.4 is 4.74 Å². The number of carboxylic acid groups (broad SMARTS) is 1. The van der Waals surface area contributed by atoms with E-state index >= 15 is 0 Å². The maximum absolute atomic E-state index is 10.8. The van der Waals surface area contributed by atoms with Crippen LogP contribution in [0.5, 0.6) is 5.75 Å². The molecule has 2 aromatic carbocycles. The predicted molar refractivity (Wildman–Crippen MR) is 97.0 cm³/mol. The van der Waals surface area contributed by atoms with Crippen LogP contribution in [-0.4, -0.2) is 22.7 Å². The highest BCUT2D eigenvalue weighted by Gasteiger charge is 2.20. The number of hydrogen-bond acceptors (Lipinski definition) is 3. The monoisotopic (exact) mass is 333 g/mol. The van der Waals surface area contributed by atoms with Crippen LogP contribution in [0.3, 0.4) is 0 Å². The minimum atomic E-state index is -0.782. The van der Waals surface area contributed by atoms with Gasteiger partial charge in [-0.3, -0.25) is 4.79 Å². The summed E-state index contributed by atoms with van der Waals surface area (Å²) in [6, 6.07) is 16.2. The second-order valence-electron chi connectivity index (χ2n) is 6.33. The number of hydrogen-bond donors (Lipinski definition) is 1. The van der Waals surface area contributed by atoms with Crippen LogP contribution in [0.1, 0.15) is 24.0 Å². The molecular formula is C21H19NO3. The fourth-order valence-electron chi connectivity index (χ4n) is 3.38. The van der Waals surface area contributed by atoms with Gasteiger partial charge in [0.1, 0.15) is 5.75 Å². The molecule has 0 fully saturated rings. The van der Waals surface area contributed by atoms with Crippen molar-refractivity contribution in [3.8, 4) is 17.0 Å². The van der Waals surface area contributed by atoms with Gasteiger partial charge in [-0.15, -0.1) is 0 Å². The molecule has 1 N–H and O–H groups in total. The van der Waals surface area contributed by atoms with Crippen molar-refractivity contribution in [1.82, 2.24) is 4.98 Å². The standard InChI is InChI=1S/C21H19NO3/c23-19(24)11-9-14-8-10-18-17(13-14)21-16(7-4-12-25-21)20(22-18)15-5-2-1-3-6-15/h1-3,5-6,8,10,13H,4,7,9,11-12H2,(H,23,24). The lowest BCUT2D eigenvalue weighted by atomic mass is 9.96. The van der Waals surface area contributed by atoms with Crippen LogP contribution in [-0.2, 0) is 17.6 Å². The fourth-order valence-corrected chi connectivity index (χ4v) is 3.38. The van der Waals surface area contributed by atoms with Crippen molar-refractivity contribution in [2.24, 2.45) is 0 Å². The molecule has 0 unspecified atom stereocenters. The predicted octanol–water partition coefficient (Wildman–Crippen LogP) is 4.24. The lowest BCUT2D eigenvalue weighted by Crippen LogP contribution is -2.11. The zero-order valence-corrected chi connectivity index (χ0v) is 13.9. The summed E-state index contributed by atoms with van der Waals surface area (Å²) in [4.78, 5) is 15.7. The molecule has 25 heavy (non-hydrogen) atoms. The van der Waals surface area contributed by atoms with Gasteiger partial charge in [0.2, 0.25) is 0 Å². The number of aliphatic carboxylic acids is 1. The van der Waals surface area contributed by atoms with Gasteiger partial charge in [0.25, 0.3) is 0 Å². The van der Waals surface area contributed by atoms with Gasteiger partial charge in [-0.1, -0.05) is 36.4 Å². The Hall–Kier alpha value is -2.88. The van der Waals surface area contributed by atoms with Crippen LogP contribution in [0.25, 0.3) is 22.2 Å². The summed E-state index contributed by atoms with van der Waals surface area (Å²) < 4.78 is 6.02. The molecule has 0 spiro atoms. The Bertz CT molecular complexity index is 935. The third-order valence-electron chi connectivity index (χ3n) is 4.59. The van der Waals surface area contributed by atoms with Crippen molar-refractivity contribution in [2.45, 2.75) is 25.7 Å². The summed E-state index contributed by atoms with van der Waals surface area (Å²) in [5.41, 5.74) is 5.13. The first-order valence-electron chi connectivity index (χ1n) is 8.58. The smallest absolute Gasteiger partial charge is 0.303 e. The maximum atomic E-state index is 10.8. The van der Waals surface area contributed by atoms with E-state index < -0.39 is 5.97 Å². The molecule has 126 valence electrons. The van der Waals surface area contributed by atoms with Gasteiger partial charge in [-0.2, -0.15) is 0 Å². The zero-order chi connectivity index (χ0) is 17.2. The van der Waals surface area contributed by atoms with Crippen molar-refractivity contribution in [3.05, 3.63) is 59.7 Å². The molecule has 0 saturated heterocycles. The number of carboxylic acids is 1. The summed E-state index contributed by atoms with van der Waals surface area (Å²) in [5, 5.41) is 9.89. The Balaban J connectivity index is 1.87. The van der Waals surface area contributed by atoms with Crippen LogP contribution >= 0.6 is 0 Å². The first kappa shape index (κ1) is 15.6. The molecule has 4 nitrogen and oxygen atoms in total. The van der Waals surface area contributed by atoms with Crippen molar-refractivity contribution in [1.29, 1.82) is 0 Å². The number of aryl methyl sites for hydroxylation is 1. The fraction of sp³-hybridized carbons (Fsp3) is 0.238. The van der Waals surface area contributed by atoms with Gasteiger partial charge in [0.15, 0.2) is 0 Å². The third-order valence-corrected chi connectivity index (χ3v) is 4.59. The van der Waals surface area contributed by atoms with Crippen LogP contribution in [0.15, 0.2) is 48.5 Å². The molecule has 3 aromatic rings. The molecule has 1 aliphatic heterocycles. The summed E-state index contributed by atoms with van der Waals surface area (Å²) in [6.45, 7) is 0.708. The summed E-state index contributed by atoms with van der Waals surface area (Å²) >= 11 is 0. The van der Waals surface area contributed by atoms with Gasteiger partial charge < -0.3 is 9.84 Å². The molecule has 0 amide bonds. The van der Waals surface area contributed by atoms with Gasteiger partial charge in [-0.05, 0) is 37.0 Å².